The average molecular weight is 514 g/mol. The Bertz CT molecular complexity index is 761. The molecule has 1 heterocycles. The molecular weight excluding hydrogens is 479 g/mol. The van der Waals surface area contributed by atoms with Gasteiger partial charge in [0.2, 0.25) is 0 Å². The van der Waals surface area contributed by atoms with Gasteiger partial charge >= 0.3 is 0 Å². The van der Waals surface area contributed by atoms with Crippen molar-refractivity contribution >= 4 is 29.9 Å². The fraction of sp³-hybridized carbons (Fsp3) is 0.524. The minimum absolute atomic E-state index is 0. The van der Waals surface area contributed by atoms with Crippen molar-refractivity contribution in [1.29, 1.82) is 0 Å². The molecular formula is C21H35IN6O. The van der Waals surface area contributed by atoms with Crippen LogP contribution in [-0.4, -0.2) is 68.1 Å². The van der Waals surface area contributed by atoms with Gasteiger partial charge in [-0.15, -0.1) is 24.0 Å². The van der Waals surface area contributed by atoms with Gasteiger partial charge in [0.25, 0.3) is 0 Å². The highest BCUT2D eigenvalue weighted by Crippen LogP contribution is 2.16. The van der Waals surface area contributed by atoms with Crippen LogP contribution in [0.2, 0.25) is 0 Å². The van der Waals surface area contributed by atoms with Crippen molar-refractivity contribution < 1.29 is 4.74 Å². The second kappa shape index (κ2) is 13.6. The molecule has 0 fully saturated rings. The zero-order valence-electron chi connectivity index (χ0n) is 18.2. The maximum absolute atomic E-state index is 5.10. The van der Waals surface area contributed by atoms with Crippen LogP contribution >= 0.6 is 24.0 Å². The molecule has 1 aromatic heterocycles. The first-order valence-corrected chi connectivity index (χ1v) is 9.78. The molecule has 1 aromatic carbocycles. The number of aromatic nitrogens is 2. The van der Waals surface area contributed by atoms with Crippen LogP contribution in [-0.2, 0) is 11.3 Å². The lowest BCUT2D eigenvalue weighted by molar-refractivity contribution is 0.180. The first-order valence-electron chi connectivity index (χ1n) is 9.78. The highest BCUT2D eigenvalue weighted by Gasteiger charge is 2.09. The standard InChI is InChI=1S/C21H34N6O.HI/c1-17-15-18(2)27(25-17)20-10-7-6-9-19(20)16-24-21(22-3)23-11-13-26(4)12-8-14-28-5;/h6-7,9-10,15H,8,11-14,16H2,1-5H3,(H2,22,23,24);1H. The topological polar surface area (TPSA) is 66.7 Å². The molecule has 2 rings (SSSR count). The van der Waals surface area contributed by atoms with Crippen LogP contribution in [0.4, 0.5) is 0 Å². The average Bonchev–Trinajstić information content (AvgIpc) is 3.03. The smallest absolute Gasteiger partial charge is 0.191 e. The molecule has 0 aliphatic rings. The van der Waals surface area contributed by atoms with E-state index in [4.69, 9.17) is 4.74 Å². The Morgan fingerprint density at radius 1 is 1.21 bits per heavy atom. The van der Waals surface area contributed by atoms with E-state index in [2.05, 4.69) is 63.9 Å². The number of benzene rings is 1. The van der Waals surface area contributed by atoms with Gasteiger partial charge in [-0.3, -0.25) is 4.99 Å². The van der Waals surface area contributed by atoms with Crippen molar-refractivity contribution in [2.24, 2.45) is 4.99 Å². The first-order chi connectivity index (χ1) is 13.5. The molecule has 162 valence electrons. The third kappa shape index (κ3) is 8.31. The maximum atomic E-state index is 5.10. The summed E-state index contributed by atoms with van der Waals surface area (Å²) in [5.74, 6) is 0.800. The number of nitrogens with one attached hydrogen (secondary N) is 2. The SMILES string of the molecule is CN=C(NCCN(C)CCCOC)NCc1ccccc1-n1nc(C)cc1C.I. The Kier molecular flexibility index (Phi) is 11.9. The van der Waals surface area contributed by atoms with E-state index >= 15 is 0 Å². The van der Waals surface area contributed by atoms with Crippen molar-refractivity contribution in [1.82, 2.24) is 25.3 Å². The lowest BCUT2D eigenvalue weighted by atomic mass is 10.1. The number of likely N-dealkylation sites (N-methyl/N-ethyl adjacent to an activating group) is 1. The second-order valence-electron chi connectivity index (χ2n) is 6.97. The third-order valence-electron chi connectivity index (χ3n) is 4.57. The Hall–Kier alpha value is -1.65. The summed E-state index contributed by atoms with van der Waals surface area (Å²) in [6.07, 6.45) is 1.04. The fourth-order valence-electron chi connectivity index (χ4n) is 3.10. The highest BCUT2D eigenvalue weighted by molar-refractivity contribution is 14.0. The number of guanidine groups is 1. The maximum Gasteiger partial charge on any atom is 0.191 e. The molecule has 0 radical (unpaired) electrons. The van der Waals surface area contributed by atoms with Crippen molar-refractivity contribution in [3.8, 4) is 5.69 Å². The Labute approximate surface area is 191 Å². The van der Waals surface area contributed by atoms with E-state index in [0.717, 1.165) is 55.7 Å². The Balaban J connectivity index is 0.00000420. The summed E-state index contributed by atoms with van der Waals surface area (Å²) < 4.78 is 7.10. The number of nitrogens with zero attached hydrogens (tertiary/aromatic N) is 4. The summed E-state index contributed by atoms with van der Waals surface area (Å²) >= 11 is 0. The minimum Gasteiger partial charge on any atom is -0.385 e. The second-order valence-corrected chi connectivity index (χ2v) is 6.97. The normalized spacial score (nSPS) is 11.4. The van der Waals surface area contributed by atoms with Crippen molar-refractivity contribution in [2.75, 3.05) is 47.4 Å². The molecule has 0 saturated heterocycles. The Morgan fingerprint density at radius 2 is 1.97 bits per heavy atom. The lowest BCUT2D eigenvalue weighted by Gasteiger charge is -2.18. The van der Waals surface area contributed by atoms with Crippen LogP contribution in [0.3, 0.4) is 0 Å². The van der Waals surface area contributed by atoms with E-state index < -0.39 is 0 Å². The molecule has 0 atom stereocenters. The number of ether oxygens (including phenoxy) is 1. The van der Waals surface area contributed by atoms with Crippen molar-refractivity contribution in [3.05, 3.63) is 47.3 Å². The van der Waals surface area contributed by atoms with E-state index in [9.17, 15) is 0 Å². The number of aryl methyl sites for hydroxylation is 2. The minimum atomic E-state index is 0. The van der Waals surface area contributed by atoms with Gasteiger partial charge in [0.05, 0.1) is 11.4 Å². The molecule has 29 heavy (non-hydrogen) atoms. The van der Waals surface area contributed by atoms with Crippen LogP contribution in [0.15, 0.2) is 35.3 Å². The van der Waals surface area contributed by atoms with E-state index in [0.29, 0.717) is 6.54 Å². The molecule has 0 aliphatic carbocycles. The third-order valence-corrected chi connectivity index (χ3v) is 4.57. The number of aliphatic imine (C=N–C) groups is 1. The van der Waals surface area contributed by atoms with Crippen LogP contribution in [0.25, 0.3) is 5.69 Å². The van der Waals surface area contributed by atoms with E-state index in [-0.39, 0.29) is 24.0 Å². The van der Waals surface area contributed by atoms with Gasteiger partial charge in [-0.2, -0.15) is 5.10 Å². The molecule has 2 N–H and O–H groups in total. The van der Waals surface area contributed by atoms with Crippen LogP contribution in [0, 0.1) is 13.8 Å². The summed E-state index contributed by atoms with van der Waals surface area (Å²) in [5.41, 5.74) is 4.42. The van der Waals surface area contributed by atoms with Crippen LogP contribution in [0.5, 0.6) is 0 Å². The van der Waals surface area contributed by atoms with E-state index in [1.165, 1.54) is 5.56 Å². The predicted octanol–water partition coefficient (Wildman–Crippen LogP) is 2.74. The van der Waals surface area contributed by atoms with Gasteiger partial charge in [-0.1, -0.05) is 18.2 Å². The number of para-hydroxylation sites is 1. The molecule has 2 aromatic rings. The predicted molar refractivity (Wildman–Crippen MR) is 131 cm³/mol. The molecule has 0 unspecified atom stereocenters. The molecule has 8 heteroatoms. The summed E-state index contributed by atoms with van der Waals surface area (Å²) in [4.78, 5) is 6.62. The summed E-state index contributed by atoms with van der Waals surface area (Å²) in [5, 5.41) is 11.4. The number of methoxy groups -OCH3 is 1. The molecule has 0 amide bonds. The van der Waals surface area contributed by atoms with Gasteiger partial charge in [0.1, 0.15) is 0 Å². The van der Waals surface area contributed by atoms with Gasteiger partial charge in [0.15, 0.2) is 5.96 Å². The van der Waals surface area contributed by atoms with Crippen LogP contribution < -0.4 is 10.6 Å². The molecule has 0 bridgehead atoms. The number of hydrogen-bond acceptors (Lipinski definition) is 4. The number of hydrogen-bond donors (Lipinski definition) is 2. The molecule has 0 saturated carbocycles. The molecule has 0 spiro atoms. The highest BCUT2D eigenvalue weighted by atomic mass is 127. The monoisotopic (exact) mass is 514 g/mol. The van der Waals surface area contributed by atoms with E-state index in [1.54, 1.807) is 14.2 Å². The fourth-order valence-corrected chi connectivity index (χ4v) is 3.10. The number of rotatable bonds is 10. The van der Waals surface area contributed by atoms with Gasteiger partial charge in [-0.05, 0) is 45.0 Å². The molecule has 7 nitrogen and oxygen atoms in total. The van der Waals surface area contributed by atoms with Gasteiger partial charge < -0.3 is 20.3 Å². The number of halogens is 1. The van der Waals surface area contributed by atoms with Crippen LogP contribution in [0.1, 0.15) is 23.4 Å². The van der Waals surface area contributed by atoms with E-state index in [1.807, 2.05) is 17.7 Å². The van der Waals surface area contributed by atoms with Crippen molar-refractivity contribution in [2.45, 2.75) is 26.8 Å². The Morgan fingerprint density at radius 3 is 2.62 bits per heavy atom. The summed E-state index contributed by atoms with van der Waals surface area (Å²) in [7, 11) is 5.66. The zero-order valence-corrected chi connectivity index (χ0v) is 20.6. The quantitative estimate of drug-likeness (QED) is 0.221. The largest absolute Gasteiger partial charge is 0.385 e. The summed E-state index contributed by atoms with van der Waals surface area (Å²) in [6, 6.07) is 10.4. The lowest BCUT2D eigenvalue weighted by Crippen LogP contribution is -2.40. The van der Waals surface area contributed by atoms with Crippen molar-refractivity contribution in [3.63, 3.8) is 0 Å². The van der Waals surface area contributed by atoms with Gasteiger partial charge in [0, 0.05) is 52.6 Å². The first kappa shape index (κ1) is 25.4. The molecule has 0 aliphatic heterocycles. The zero-order chi connectivity index (χ0) is 20.4. The summed E-state index contributed by atoms with van der Waals surface area (Å²) in [6.45, 7) is 8.39. The van der Waals surface area contributed by atoms with Gasteiger partial charge in [-0.25, -0.2) is 4.68 Å².